The summed E-state index contributed by atoms with van der Waals surface area (Å²) in [5, 5.41) is 9.03. The van der Waals surface area contributed by atoms with E-state index < -0.39 is 22.2 Å². The molecule has 0 spiro atoms. The molecule has 106 valence electrons. The van der Waals surface area contributed by atoms with Crippen LogP contribution in [0, 0.1) is 0 Å². The molecule has 7 heteroatoms. The molecular formula is C11H22N2O4S. The molecule has 1 heterocycles. The van der Waals surface area contributed by atoms with E-state index in [-0.39, 0.29) is 6.04 Å². The van der Waals surface area contributed by atoms with Crippen molar-refractivity contribution < 1.29 is 18.3 Å². The quantitative estimate of drug-likeness (QED) is 0.726. The van der Waals surface area contributed by atoms with E-state index in [2.05, 4.69) is 4.72 Å². The lowest BCUT2D eigenvalue weighted by molar-refractivity contribution is -0.139. The van der Waals surface area contributed by atoms with E-state index in [4.69, 9.17) is 5.11 Å². The van der Waals surface area contributed by atoms with Gasteiger partial charge in [0.25, 0.3) is 10.2 Å². The molecule has 1 fully saturated rings. The van der Waals surface area contributed by atoms with E-state index in [9.17, 15) is 13.2 Å². The first-order valence-corrected chi connectivity index (χ1v) is 7.84. The fraction of sp³-hybridized carbons (Fsp3) is 0.909. The Kier molecular flexibility index (Phi) is 5.55. The topological polar surface area (TPSA) is 86.7 Å². The first-order chi connectivity index (χ1) is 8.38. The molecule has 0 aliphatic carbocycles. The van der Waals surface area contributed by atoms with Gasteiger partial charge in [0, 0.05) is 12.6 Å². The molecule has 18 heavy (non-hydrogen) atoms. The lowest BCUT2D eigenvalue weighted by Gasteiger charge is -2.23. The fourth-order valence-electron chi connectivity index (χ4n) is 2.15. The van der Waals surface area contributed by atoms with E-state index in [1.54, 1.807) is 0 Å². The van der Waals surface area contributed by atoms with Gasteiger partial charge >= 0.3 is 5.97 Å². The number of hydrogen-bond acceptors (Lipinski definition) is 3. The minimum Gasteiger partial charge on any atom is -0.480 e. The van der Waals surface area contributed by atoms with Crippen LogP contribution in [0.15, 0.2) is 0 Å². The first kappa shape index (κ1) is 15.4. The van der Waals surface area contributed by atoms with Crippen molar-refractivity contribution in [2.45, 2.75) is 58.0 Å². The van der Waals surface area contributed by atoms with Crippen molar-refractivity contribution in [1.29, 1.82) is 0 Å². The zero-order valence-electron chi connectivity index (χ0n) is 10.9. The number of carboxylic acids is 1. The van der Waals surface area contributed by atoms with Crippen LogP contribution in [0.5, 0.6) is 0 Å². The summed E-state index contributed by atoms with van der Waals surface area (Å²) in [6.45, 7) is 4.25. The van der Waals surface area contributed by atoms with Crippen LogP contribution in [-0.2, 0) is 15.0 Å². The van der Waals surface area contributed by atoms with Crippen molar-refractivity contribution in [3.8, 4) is 0 Å². The maximum Gasteiger partial charge on any atom is 0.321 e. The Morgan fingerprint density at radius 3 is 2.67 bits per heavy atom. The highest BCUT2D eigenvalue weighted by Crippen LogP contribution is 2.20. The van der Waals surface area contributed by atoms with Crippen molar-refractivity contribution in [2.75, 3.05) is 6.54 Å². The highest BCUT2D eigenvalue weighted by molar-refractivity contribution is 7.87. The predicted octanol–water partition coefficient (Wildman–Crippen LogP) is 0.948. The Hall–Kier alpha value is -0.660. The van der Waals surface area contributed by atoms with Gasteiger partial charge < -0.3 is 5.11 Å². The average Bonchev–Trinajstić information content (AvgIpc) is 2.71. The third kappa shape index (κ3) is 3.93. The molecule has 1 aliphatic heterocycles. The van der Waals surface area contributed by atoms with Crippen molar-refractivity contribution in [1.82, 2.24) is 9.03 Å². The predicted molar refractivity (Wildman–Crippen MR) is 68.4 cm³/mol. The zero-order valence-corrected chi connectivity index (χ0v) is 11.7. The number of rotatable bonds is 7. The molecule has 0 saturated carbocycles. The van der Waals surface area contributed by atoms with Gasteiger partial charge in [0.2, 0.25) is 0 Å². The molecule has 0 radical (unpaired) electrons. The van der Waals surface area contributed by atoms with Crippen molar-refractivity contribution in [3.05, 3.63) is 0 Å². The van der Waals surface area contributed by atoms with E-state index in [1.807, 2.05) is 13.8 Å². The summed E-state index contributed by atoms with van der Waals surface area (Å²) < 4.78 is 27.8. The fourth-order valence-corrected chi connectivity index (χ4v) is 3.81. The van der Waals surface area contributed by atoms with Crippen LogP contribution in [-0.4, -0.2) is 42.4 Å². The third-order valence-corrected chi connectivity index (χ3v) is 4.98. The monoisotopic (exact) mass is 278 g/mol. The van der Waals surface area contributed by atoms with E-state index in [0.717, 1.165) is 19.3 Å². The number of nitrogens with one attached hydrogen (secondary N) is 1. The van der Waals surface area contributed by atoms with E-state index in [0.29, 0.717) is 19.4 Å². The molecule has 0 aromatic rings. The van der Waals surface area contributed by atoms with Crippen LogP contribution in [0.1, 0.15) is 46.0 Å². The summed E-state index contributed by atoms with van der Waals surface area (Å²) in [4.78, 5) is 11.0. The van der Waals surface area contributed by atoms with E-state index in [1.165, 1.54) is 4.31 Å². The summed E-state index contributed by atoms with van der Waals surface area (Å²) in [5.41, 5.74) is 0. The Morgan fingerprint density at radius 2 is 2.22 bits per heavy atom. The normalized spacial score (nSPS) is 23.1. The van der Waals surface area contributed by atoms with Gasteiger partial charge in [-0.1, -0.05) is 19.8 Å². The van der Waals surface area contributed by atoms with E-state index >= 15 is 0 Å². The second-order valence-electron chi connectivity index (χ2n) is 4.76. The highest BCUT2D eigenvalue weighted by atomic mass is 32.2. The summed E-state index contributed by atoms with van der Waals surface area (Å²) in [5.74, 6) is -1.11. The van der Waals surface area contributed by atoms with Crippen LogP contribution in [0.3, 0.4) is 0 Å². The maximum atomic E-state index is 12.1. The molecule has 2 atom stereocenters. The number of carbonyl (C=O) groups is 1. The molecule has 6 nitrogen and oxygen atoms in total. The second-order valence-corrected chi connectivity index (χ2v) is 6.41. The van der Waals surface area contributed by atoms with Crippen LogP contribution in [0.4, 0.5) is 0 Å². The highest BCUT2D eigenvalue weighted by Gasteiger charge is 2.34. The van der Waals surface area contributed by atoms with Gasteiger partial charge in [-0.15, -0.1) is 0 Å². The Labute approximate surface area is 109 Å². The first-order valence-electron chi connectivity index (χ1n) is 6.40. The minimum absolute atomic E-state index is 0.0527. The van der Waals surface area contributed by atoms with Crippen molar-refractivity contribution >= 4 is 16.2 Å². The number of unbranched alkanes of at least 4 members (excludes halogenated alkanes) is 1. The van der Waals surface area contributed by atoms with Crippen molar-refractivity contribution in [3.63, 3.8) is 0 Å². The summed E-state index contributed by atoms with van der Waals surface area (Å²) in [6.07, 6.45) is 3.51. The van der Waals surface area contributed by atoms with Gasteiger partial charge in [-0.3, -0.25) is 4.79 Å². The minimum atomic E-state index is -3.68. The molecule has 0 amide bonds. The van der Waals surface area contributed by atoms with Crippen LogP contribution >= 0.6 is 0 Å². The van der Waals surface area contributed by atoms with Crippen LogP contribution in [0.25, 0.3) is 0 Å². The summed E-state index contributed by atoms with van der Waals surface area (Å²) in [6, 6.07) is -1.08. The standard InChI is InChI=1S/C11H22N2O4S/c1-3-4-7-10(11(14)15)12-18(16,17)13-8-5-6-9(13)2/h9-10,12H,3-8H2,1-2H3,(H,14,15). The molecule has 0 aromatic heterocycles. The number of hydrogen-bond donors (Lipinski definition) is 2. The zero-order chi connectivity index (χ0) is 13.8. The Balaban J connectivity index is 2.69. The molecule has 1 aliphatic rings. The number of nitrogens with zero attached hydrogens (tertiary/aromatic N) is 1. The largest absolute Gasteiger partial charge is 0.480 e. The van der Waals surface area contributed by atoms with Crippen LogP contribution < -0.4 is 4.72 Å². The smallest absolute Gasteiger partial charge is 0.321 e. The van der Waals surface area contributed by atoms with Gasteiger partial charge in [0.1, 0.15) is 6.04 Å². The molecule has 0 bridgehead atoms. The maximum absolute atomic E-state index is 12.1. The SMILES string of the molecule is CCCCC(NS(=O)(=O)N1CCCC1C)C(=O)O. The van der Waals surface area contributed by atoms with Crippen molar-refractivity contribution in [2.24, 2.45) is 0 Å². The molecule has 2 N–H and O–H groups in total. The van der Waals surface area contributed by atoms with Gasteiger partial charge in [0.05, 0.1) is 0 Å². The number of aliphatic carboxylic acids is 1. The summed E-state index contributed by atoms with van der Waals surface area (Å²) in [7, 11) is -3.68. The molecule has 1 saturated heterocycles. The van der Waals surface area contributed by atoms with Crippen LogP contribution in [0.2, 0.25) is 0 Å². The van der Waals surface area contributed by atoms with Gasteiger partial charge in [-0.2, -0.15) is 17.4 Å². The van der Waals surface area contributed by atoms with Gasteiger partial charge in [-0.25, -0.2) is 0 Å². The second kappa shape index (κ2) is 6.49. The number of carboxylic acid groups (broad SMARTS) is 1. The molecule has 2 unspecified atom stereocenters. The molecular weight excluding hydrogens is 256 g/mol. The lowest BCUT2D eigenvalue weighted by Crippen LogP contribution is -2.49. The lowest BCUT2D eigenvalue weighted by atomic mass is 10.1. The average molecular weight is 278 g/mol. The summed E-state index contributed by atoms with van der Waals surface area (Å²) >= 11 is 0. The Morgan fingerprint density at radius 1 is 1.56 bits per heavy atom. The molecule has 0 aromatic carbocycles. The Bertz CT molecular complexity index is 383. The van der Waals surface area contributed by atoms with Gasteiger partial charge in [-0.05, 0) is 26.2 Å². The third-order valence-electron chi connectivity index (χ3n) is 3.24. The van der Waals surface area contributed by atoms with Gasteiger partial charge in [0.15, 0.2) is 0 Å². The molecule has 1 rings (SSSR count).